The number of unbranched alkanes of at least 4 members (excludes halogenated alkanes) is 3. The Balaban J connectivity index is 1.96. The first-order chi connectivity index (χ1) is 13.0. The van der Waals surface area contributed by atoms with Crippen molar-refractivity contribution in [2.45, 2.75) is 38.0 Å². The number of aliphatic hydroxyl groups excluding tert-OH is 1. The third-order valence-corrected chi connectivity index (χ3v) is 4.10. The Labute approximate surface area is 156 Å². The molecular formula is C18H26N4O5. The van der Waals surface area contributed by atoms with E-state index in [-0.39, 0.29) is 18.1 Å². The number of nitrogens with one attached hydrogen (secondary N) is 2. The summed E-state index contributed by atoms with van der Waals surface area (Å²) in [6.45, 7) is 1.02. The lowest BCUT2D eigenvalue weighted by atomic mass is 10.2. The molecule has 0 spiro atoms. The molecule has 9 heteroatoms. The molecular weight excluding hydrogens is 352 g/mol. The van der Waals surface area contributed by atoms with E-state index in [2.05, 4.69) is 10.3 Å². The molecule has 5 N–H and O–H groups in total. The molecule has 0 fully saturated rings. The van der Waals surface area contributed by atoms with Crippen molar-refractivity contribution in [3.63, 3.8) is 0 Å². The van der Waals surface area contributed by atoms with E-state index in [1.54, 1.807) is 12.2 Å². The van der Waals surface area contributed by atoms with Crippen LogP contribution in [0.4, 0.5) is 0 Å². The molecule has 0 saturated carbocycles. The zero-order chi connectivity index (χ0) is 19.6. The maximum absolute atomic E-state index is 12.0. The summed E-state index contributed by atoms with van der Waals surface area (Å²) < 4.78 is 6.66. The smallest absolute Gasteiger partial charge is 0.330 e. The lowest BCUT2D eigenvalue weighted by Gasteiger charge is -2.15. The van der Waals surface area contributed by atoms with Gasteiger partial charge in [0.2, 0.25) is 5.91 Å². The summed E-state index contributed by atoms with van der Waals surface area (Å²) in [5, 5.41) is 11.8. The molecule has 2 atom stereocenters. The van der Waals surface area contributed by atoms with Crippen LogP contribution in [0, 0.1) is 0 Å². The molecule has 0 saturated heterocycles. The summed E-state index contributed by atoms with van der Waals surface area (Å²) in [5.41, 5.74) is 4.34. The summed E-state index contributed by atoms with van der Waals surface area (Å²) in [4.78, 5) is 38.0. The number of hydrogen-bond acceptors (Lipinski definition) is 6. The molecule has 148 valence electrons. The molecule has 0 aromatic carbocycles. The van der Waals surface area contributed by atoms with E-state index in [0.29, 0.717) is 13.1 Å². The maximum atomic E-state index is 12.0. The lowest BCUT2D eigenvalue weighted by Crippen LogP contribution is -2.33. The molecule has 0 radical (unpaired) electrons. The molecule has 1 aliphatic rings. The minimum atomic E-state index is -0.721. The quantitative estimate of drug-likeness (QED) is 0.249. The van der Waals surface area contributed by atoms with Gasteiger partial charge in [-0.25, -0.2) is 4.79 Å². The first-order valence-electron chi connectivity index (χ1n) is 9.01. The molecule has 1 aliphatic heterocycles. The number of aromatic amines is 1. The van der Waals surface area contributed by atoms with Gasteiger partial charge in [0.25, 0.3) is 5.56 Å². The summed E-state index contributed by atoms with van der Waals surface area (Å²) in [6, 6.07) is 0. The summed E-state index contributed by atoms with van der Waals surface area (Å²) in [6.07, 6.45) is 9.83. The zero-order valence-electron chi connectivity index (χ0n) is 15.1. The summed E-state index contributed by atoms with van der Waals surface area (Å²) in [5.74, 6) is -0.316. The highest BCUT2D eigenvalue weighted by Crippen LogP contribution is 2.19. The van der Waals surface area contributed by atoms with Crippen molar-refractivity contribution in [3.05, 3.63) is 50.8 Å². The molecule has 1 amide bonds. The van der Waals surface area contributed by atoms with Gasteiger partial charge in [-0.15, -0.1) is 0 Å². The van der Waals surface area contributed by atoms with Crippen molar-refractivity contribution in [1.82, 2.24) is 14.9 Å². The normalized spacial score (nSPS) is 19.0. The number of amides is 1. The van der Waals surface area contributed by atoms with Gasteiger partial charge in [-0.2, -0.15) is 0 Å². The van der Waals surface area contributed by atoms with Gasteiger partial charge in [-0.1, -0.05) is 18.9 Å². The van der Waals surface area contributed by atoms with Crippen LogP contribution in [0.2, 0.25) is 0 Å². The number of nitrogens with two attached hydrogens (primary N) is 1. The predicted molar refractivity (Wildman–Crippen MR) is 101 cm³/mol. The van der Waals surface area contributed by atoms with Gasteiger partial charge in [0.15, 0.2) is 6.23 Å². The van der Waals surface area contributed by atoms with Crippen LogP contribution in [0.15, 0.2) is 34.0 Å². The van der Waals surface area contributed by atoms with Crippen molar-refractivity contribution < 1.29 is 14.6 Å². The van der Waals surface area contributed by atoms with E-state index < -0.39 is 23.6 Å². The Morgan fingerprint density at radius 3 is 2.78 bits per heavy atom. The third kappa shape index (κ3) is 6.31. The van der Waals surface area contributed by atoms with Gasteiger partial charge in [-0.05, 0) is 31.5 Å². The third-order valence-electron chi connectivity index (χ3n) is 4.10. The minimum Gasteiger partial charge on any atom is -0.393 e. The number of carbonyl (C=O) groups excluding carboxylic acids is 1. The minimum absolute atomic E-state index is 0.150. The van der Waals surface area contributed by atoms with Gasteiger partial charge >= 0.3 is 5.69 Å². The number of carbonyl (C=O) groups is 1. The number of H-pyrrole nitrogens is 1. The average Bonchev–Trinajstić information content (AvgIpc) is 3.13. The van der Waals surface area contributed by atoms with Crippen LogP contribution in [-0.2, 0) is 9.53 Å². The van der Waals surface area contributed by atoms with Crippen molar-refractivity contribution >= 4 is 12.0 Å². The van der Waals surface area contributed by atoms with Gasteiger partial charge < -0.3 is 20.9 Å². The van der Waals surface area contributed by atoms with Crippen molar-refractivity contribution in [2.75, 3.05) is 19.7 Å². The molecule has 2 heterocycles. The fourth-order valence-electron chi connectivity index (χ4n) is 2.62. The number of ether oxygens (including phenoxy) is 1. The Bertz CT molecular complexity index is 796. The second kappa shape index (κ2) is 10.6. The molecule has 27 heavy (non-hydrogen) atoms. The van der Waals surface area contributed by atoms with Crippen LogP contribution in [0.1, 0.15) is 37.5 Å². The largest absolute Gasteiger partial charge is 0.393 e. The van der Waals surface area contributed by atoms with Crippen molar-refractivity contribution in [2.24, 2.45) is 5.73 Å². The fraction of sp³-hybridized carbons (Fsp3) is 0.500. The van der Waals surface area contributed by atoms with Crippen LogP contribution in [0.25, 0.3) is 6.08 Å². The van der Waals surface area contributed by atoms with Crippen LogP contribution in [0.3, 0.4) is 0 Å². The molecule has 9 nitrogen and oxygen atoms in total. The van der Waals surface area contributed by atoms with Gasteiger partial charge in [-0.3, -0.25) is 19.1 Å². The standard InChI is InChI=1S/C18H26N4O5/c19-9-3-1-2-4-10-20-15(24)7-5-13-11-22(18(26)21-17(13)25)16-8-6-14(12-23)27-16/h5-8,11,14,16,23H,1-4,9-10,12,19H2,(H,20,24)(H,21,25,26)/b7-5-. The Morgan fingerprint density at radius 1 is 1.30 bits per heavy atom. The van der Waals surface area contributed by atoms with E-state index in [1.165, 1.54) is 22.9 Å². The van der Waals surface area contributed by atoms with Gasteiger partial charge in [0.1, 0.15) is 6.10 Å². The first kappa shape index (κ1) is 20.8. The maximum Gasteiger partial charge on any atom is 0.330 e. The number of nitrogens with zero attached hydrogens (tertiary/aromatic N) is 1. The molecule has 2 rings (SSSR count). The van der Waals surface area contributed by atoms with Crippen molar-refractivity contribution in [3.8, 4) is 0 Å². The highest BCUT2D eigenvalue weighted by Gasteiger charge is 2.21. The van der Waals surface area contributed by atoms with E-state index in [4.69, 9.17) is 15.6 Å². The molecule has 1 aromatic rings. The second-order valence-corrected chi connectivity index (χ2v) is 6.21. The number of aromatic nitrogens is 2. The highest BCUT2D eigenvalue weighted by atomic mass is 16.5. The van der Waals surface area contributed by atoms with Crippen LogP contribution >= 0.6 is 0 Å². The van der Waals surface area contributed by atoms with E-state index in [9.17, 15) is 14.4 Å². The molecule has 0 aliphatic carbocycles. The predicted octanol–water partition coefficient (Wildman–Crippen LogP) is -0.369. The Hall–Kier alpha value is -2.49. The van der Waals surface area contributed by atoms with Gasteiger partial charge in [0, 0.05) is 18.8 Å². The molecule has 1 aromatic heterocycles. The number of aliphatic hydroxyl groups is 1. The molecule has 2 unspecified atom stereocenters. The Morgan fingerprint density at radius 2 is 2.07 bits per heavy atom. The average molecular weight is 378 g/mol. The van der Waals surface area contributed by atoms with Crippen LogP contribution in [-0.4, -0.2) is 46.4 Å². The first-order valence-corrected chi connectivity index (χ1v) is 9.01. The zero-order valence-corrected chi connectivity index (χ0v) is 15.1. The number of hydrogen-bond donors (Lipinski definition) is 4. The lowest BCUT2D eigenvalue weighted by molar-refractivity contribution is -0.116. The van der Waals surface area contributed by atoms with Crippen molar-refractivity contribution in [1.29, 1.82) is 0 Å². The SMILES string of the molecule is NCCCCCCNC(=O)/C=C\c1cn(C2C=CC(CO)O2)c(=O)[nH]c1=O. The fourth-order valence-corrected chi connectivity index (χ4v) is 2.62. The monoisotopic (exact) mass is 378 g/mol. The molecule has 0 bridgehead atoms. The summed E-state index contributed by atoms with van der Waals surface area (Å²) in [7, 11) is 0. The number of rotatable bonds is 10. The van der Waals surface area contributed by atoms with E-state index >= 15 is 0 Å². The van der Waals surface area contributed by atoms with Crippen LogP contribution in [0.5, 0.6) is 0 Å². The second-order valence-electron chi connectivity index (χ2n) is 6.21. The topological polar surface area (TPSA) is 139 Å². The van der Waals surface area contributed by atoms with E-state index in [1.807, 2.05) is 0 Å². The van der Waals surface area contributed by atoms with Crippen LogP contribution < -0.4 is 22.3 Å². The van der Waals surface area contributed by atoms with Gasteiger partial charge in [0.05, 0.1) is 12.2 Å². The Kier molecular flexibility index (Phi) is 8.18. The highest BCUT2D eigenvalue weighted by molar-refractivity contribution is 5.91. The van der Waals surface area contributed by atoms with E-state index in [0.717, 1.165) is 25.7 Å². The summed E-state index contributed by atoms with van der Waals surface area (Å²) >= 11 is 0.